The van der Waals surface area contributed by atoms with E-state index in [-0.39, 0.29) is 30.0 Å². The first kappa shape index (κ1) is 22.1. The van der Waals surface area contributed by atoms with E-state index >= 15 is 0 Å². The summed E-state index contributed by atoms with van der Waals surface area (Å²) in [5.41, 5.74) is 1.83. The Bertz CT molecular complexity index is 676. The van der Waals surface area contributed by atoms with Crippen LogP contribution in [0.2, 0.25) is 5.02 Å². The Morgan fingerprint density at radius 3 is 2.64 bits per heavy atom. The van der Waals surface area contributed by atoms with Gasteiger partial charge in [0, 0.05) is 44.8 Å². The van der Waals surface area contributed by atoms with Crippen molar-refractivity contribution >= 4 is 41.5 Å². The van der Waals surface area contributed by atoms with Gasteiger partial charge in [-0.3, -0.25) is 9.89 Å². The van der Waals surface area contributed by atoms with Gasteiger partial charge in [-0.2, -0.15) is 0 Å². The molecule has 0 radical (unpaired) electrons. The number of benzene rings is 1. The van der Waals surface area contributed by atoms with Gasteiger partial charge in [-0.1, -0.05) is 30.2 Å². The van der Waals surface area contributed by atoms with Gasteiger partial charge >= 0.3 is 0 Å². The summed E-state index contributed by atoms with van der Waals surface area (Å²) in [6, 6.07) is 8.52. The van der Waals surface area contributed by atoms with Crippen molar-refractivity contribution < 1.29 is 4.74 Å². The highest BCUT2D eigenvalue weighted by atomic mass is 127. The number of nitrogens with zero attached hydrogens (tertiary/aromatic N) is 3. The third-order valence-corrected chi connectivity index (χ3v) is 6.77. The lowest BCUT2D eigenvalue weighted by molar-refractivity contribution is 0.0169. The van der Waals surface area contributed by atoms with E-state index in [0.717, 1.165) is 56.9 Å². The number of nitrogens with one attached hydrogen (secondary N) is 1. The quantitative estimate of drug-likeness (QED) is 0.374. The number of hydrogen-bond donors (Lipinski definition) is 1. The molecule has 1 aliphatic carbocycles. The molecule has 2 aliphatic heterocycles. The van der Waals surface area contributed by atoms with Crippen molar-refractivity contribution in [2.75, 3.05) is 53.0 Å². The first-order valence-corrected chi connectivity index (χ1v) is 10.6. The number of hydrogen-bond acceptors (Lipinski definition) is 3. The summed E-state index contributed by atoms with van der Waals surface area (Å²) in [6.07, 6.45) is 5.49. The number of rotatable bonds is 4. The molecule has 0 aromatic heterocycles. The lowest BCUT2D eigenvalue weighted by Crippen LogP contribution is -2.47. The fourth-order valence-corrected chi connectivity index (χ4v) is 4.98. The molecule has 1 atom stereocenters. The highest BCUT2D eigenvalue weighted by molar-refractivity contribution is 14.0. The van der Waals surface area contributed by atoms with Crippen molar-refractivity contribution in [1.29, 1.82) is 0 Å². The maximum Gasteiger partial charge on any atom is 0.193 e. The molecule has 1 saturated carbocycles. The second-order valence-electron chi connectivity index (χ2n) is 8.17. The van der Waals surface area contributed by atoms with E-state index in [4.69, 9.17) is 16.3 Å². The van der Waals surface area contributed by atoms with Crippen molar-refractivity contribution in [2.45, 2.75) is 31.7 Å². The largest absolute Gasteiger partial charge is 0.379 e. The van der Waals surface area contributed by atoms with Crippen LogP contribution in [0.4, 0.5) is 0 Å². The minimum absolute atomic E-state index is 0. The first-order chi connectivity index (χ1) is 13.2. The van der Waals surface area contributed by atoms with Gasteiger partial charge in [-0.05, 0) is 42.4 Å². The molecule has 7 heteroatoms. The summed E-state index contributed by atoms with van der Waals surface area (Å²) < 4.78 is 5.56. The normalized spacial score (nSPS) is 23.2. The zero-order valence-corrected chi connectivity index (χ0v) is 19.8. The number of halogens is 2. The summed E-state index contributed by atoms with van der Waals surface area (Å²) in [7, 11) is 1.90. The topological polar surface area (TPSA) is 40.1 Å². The van der Waals surface area contributed by atoms with E-state index in [0.29, 0.717) is 5.41 Å². The molecular formula is C21H32ClIN4O. The van der Waals surface area contributed by atoms with Crippen LogP contribution >= 0.6 is 35.6 Å². The molecule has 1 aromatic rings. The van der Waals surface area contributed by atoms with Crippen LogP contribution in [0.3, 0.4) is 0 Å². The number of ether oxygens (including phenoxy) is 1. The summed E-state index contributed by atoms with van der Waals surface area (Å²) >= 11 is 6.28. The van der Waals surface area contributed by atoms with Gasteiger partial charge in [0.2, 0.25) is 0 Å². The molecule has 2 saturated heterocycles. The zero-order chi connectivity index (χ0) is 18.7. The van der Waals surface area contributed by atoms with E-state index in [9.17, 15) is 0 Å². The summed E-state index contributed by atoms with van der Waals surface area (Å²) in [4.78, 5) is 9.53. The first-order valence-electron chi connectivity index (χ1n) is 10.2. The average molecular weight is 519 g/mol. The van der Waals surface area contributed by atoms with Gasteiger partial charge in [0.25, 0.3) is 0 Å². The lowest BCUT2D eigenvalue weighted by atomic mass is 9.68. The number of aliphatic imine (C=N–C) groups is 1. The molecule has 0 bridgehead atoms. The van der Waals surface area contributed by atoms with Crippen molar-refractivity contribution in [3.8, 4) is 0 Å². The molecule has 5 nitrogen and oxygen atoms in total. The van der Waals surface area contributed by atoms with Crippen LogP contribution in [0.5, 0.6) is 0 Å². The predicted molar refractivity (Wildman–Crippen MR) is 126 cm³/mol. The Kier molecular flexibility index (Phi) is 7.87. The Morgan fingerprint density at radius 2 is 2.04 bits per heavy atom. The van der Waals surface area contributed by atoms with Crippen LogP contribution in [0.25, 0.3) is 0 Å². The van der Waals surface area contributed by atoms with Crippen LogP contribution in [0.1, 0.15) is 37.3 Å². The molecule has 1 N–H and O–H groups in total. The van der Waals surface area contributed by atoms with Gasteiger partial charge in [-0.25, -0.2) is 0 Å². The molecule has 1 spiro atoms. The molecule has 3 aliphatic rings. The SMILES string of the molecule is CN=C(NCC(c1cccc(Cl)c1)N1CCOCC1)N1CCC2(CCC2)C1.I. The second-order valence-corrected chi connectivity index (χ2v) is 8.61. The van der Waals surface area contributed by atoms with Crippen LogP contribution < -0.4 is 5.32 Å². The summed E-state index contributed by atoms with van der Waals surface area (Å²) in [5, 5.41) is 4.46. The molecular weight excluding hydrogens is 487 g/mol. The highest BCUT2D eigenvalue weighted by Crippen LogP contribution is 2.47. The second kappa shape index (κ2) is 9.96. The molecule has 1 aromatic carbocycles. The zero-order valence-electron chi connectivity index (χ0n) is 16.7. The van der Waals surface area contributed by atoms with Gasteiger partial charge in [-0.15, -0.1) is 24.0 Å². The fourth-order valence-electron chi connectivity index (χ4n) is 4.78. The highest BCUT2D eigenvalue weighted by Gasteiger charge is 2.43. The number of morpholine rings is 1. The van der Waals surface area contributed by atoms with Crippen LogP contribution in [-0.2, 0) is 4.74 Å². The van der Waals surface area contributed by atoms with Gasteiger partial charge in [0.1, 0.15) is 0 Å². The fraction of sp³-hybridized carbons (Fsp3) is 0.667. The Morgan fingerprint density at radius 1 is 1.25 bits per heavy atom. The molecule has 28 heavy (non-hydrogen) atoms. The van der Waals surface area contributed by atoms with Crippen LogP contribution in [-0.4, -0.2) is 68.7 Å². The van der Waals surface area contributed by atoms with Crippen molar-refractivity contribution in [1.82, 2.24) is 15.1 Å². The summed E-state index contributed by atoms with van der Waals surface area (Å²) in [5.74, 6) is 1.04. The number of guanidine groups is 1. The minimum Gasteiger partial charge on any atom is -0.379 e. The van der Waals surface area contributed by atoms with E-state index < -0.39 is 0 Å². The predicted octanol–water partition coefficient (Wildman–Crippen LogP) is 3.78. The van der Waals surface area contributed by atoms with Crippen molar-refractivity contribution in [3.05, 3.63) is 34.9 Å². The van der Waals surface area contributed by atoms with Crippen molar-refractivity contribution in [2.24, 2.45) is 10.4 Å². The maximum absolute atomic E-state index is 6.28. The standard InChI is InChI=1S/C21H31ClN4O.HI/c1-23-20(26-9-8-21(16-26)6-3-7-21)24-15-19(25-10-12-27-13-11-25)17-4-2-5-18(22)14-17;/h2,4-5,14,19H,3,6-13,15-16H2,1H3,(H,23,24);1H. The average Bonchev–Trinajstić information content (AvgIpc) is 3.12. The van der Waals surface area contributed by atoms with Crippen LogP contribution in [0, 0.1) is 5.41 Å². The molecule has 2 heterocycles. The van der Waals surface area contributed by atoms with E-state index in [1.165, 1.54) is 31.2 Å². The van der Waals surface area contributed by atoms with Crippen molar-refractivity contribution in [3.63, 3.8) is 0 Å². The number of likely N-dealkylation sites (tertiary alicyclic amines) is 1. The van der Waals surface area contributed by atoms with E-state index in [1.807, 2.05) is 19.2 Å². The molecule has 4 rings (SSSR count). The molecule has 0 amide bonds. The Balaban J connectivity index is 0.00000225. The summed E-state index contributed by atoms with van der Waals surface area (Å²) in [6.45, 7) is 6.59. The molecule has 1 unspecified atom stereocenters. The minimum atomic E-state index is 0. The lowest BCUT2D eigenvalue weighted by Gasteiger charge is -2.38. The van der Waals surface area contributed by atoms with Gasteiger partial charge in [0.15, 0.2) is 5.96 Å². The van der Waals surface area contributed by atoms with Gasteiger partial charge < -0.3 is 15.0 Å². The molecule has 156 valence electrons. The third-order valence-electron chi connectivity index (χ3n) is 6.54. The third kappa shape index (κ3) is 4.94. The van der Waals surface area contributed by atoms with E-state index in [1.54, 1.807) is 0 Å². The monoisotopic (exact) mass is 518 g/mol. The van der Waals surface area contributed by atoms with E-state index in [2.05, 4.69) is 32.2 Å². The molecule has 3 fully saturated rings. The van der Waals surface area contributed by atoms with Gasteiger partial charge in [0.05, 0.1) is 19.3 Å². The Hall–Kier alpha value is -0.570. The van der Waals surface area contributed by atoms with Crippen LogP contribution in [0.15, 0.2) is 29.3 Å². The maximum atomic E-state index is 6.28. The Labute approximate surface area is 190 Å². The smallest absolute Gasteiger partial charge is 0.193 e.